The summed E-state index contributed by atoms with van der Waals surface area (Å²) in [4.78, 5) is 17.8. The number of hydrogen-bond donors (Lipinski definition) is 5. The molecule has 0 saturated heterocycles. The van der Waals surface area contributed by atoms with Gasteiger partial charge in [-0.25, -0.2) is 0 Å². The molecule has 0 bridgehead atoms. The number of rotatable bonds is 7. The molecule has 0 aromatic carbocycles. The maximum atomic E-state index is 11.8. The third kappa shape index (κ3) is 4.28. The molecule has 1 unspecified atom stereocenters. The van der Waals surface area contributed by atoms with Gasteiger partial charge in [0, 0.05) is 6.54 Å². The molecule has 15 heavy (non-hydrogen) atoms. The third-order valence-corrected chi connectivity index (χ3v) is 6.17. The summed E-state index contributed by atoms with van der Waals surface area (Å²) in [6.07, 6.45) is 0. The largest absolute Gasteiger partial charge is 0.349 e. The second-order valence-corrected chi connectivity index (χ2v) is 6.87. The average molecular weight is 263 g/mol. The Balaban J connectivity index is 5.03. The molecule has 0 radical (unpaired) electrons. The van der Waals surface area contributed by atoms with Gasteiger partial charge in [0.2, 0.25) is 0 Å². The van der Waals surface area contributed by atoms with E-state index in [1.807, 2.05) is 0 Å². The van der Waals surface area contributed by atoms with Gasteiger partial charge in [-0.1, -0.05) is 0 Å². The van der Waals surface area contributed by atoms with Crippen molar-refractivity contribution in [3.8, 4) is 0 Å². The molecule has 8 N–H and O–H groups in total. The molecule has 9 nitrogen and oxygen atoms in total. The summed E-state index contributed by atoms with van der Waals surface area (Å²) in [6, 6.07) is 0. The van der Waals surface area contributed by atoms with Crippen LogP contribution in [0, 0.1) is 0 Å². The van der Waals surface area contributed by atoms with Gasteiger partial charge in [0.15, 0.2) is 5.40 Å². The Bertz CT molecular complexity index is 270. The zero-order valence-electron chi connectivity index (χ0n) is 7.85. The third-order valence-electron chi connectivity index (χ3n) is 1.47. The van der Waals surface area contributed by atoms with E-state index in [0.717, 1.165) is 0 Å². The van der Waals surface area contributed by atoms with E-state index in [2.05, 4.69) is 9.05 Å². The van der Waals surface area contributed by atoms with Gasteiger partial charge in [-0.15, -0.1) is 0 Å². The van der Waals surface area contributed by atoms with Gasteiger partial charge in [-0.2, -0.15) is 0 Å². The fourth-order valence-corrected chi connectivity index (χ4v) is 4.11. The highest BCUT2D eigenvalue weighted by atomic mass is 31.2. The average Bonchev–Trinajstić information content (AvgIpc) is 2.02. The molecular formula is C4H15N3O6P2. The molecule has 11 heteroatoms. The van der Waals surface area contributed by atoms with Crippen LogP contribution in [0.25, 0.3) is 0 Å². The van der Waals surface area contributed by atoms with Crippen LogP contribution in [0.15, 0.2) is 0 Å². The van der Waals surface area contributed by atoms with Gasteiger partial charge in [-0.3, -0.25) is 18.2 Å². The molecular weight excluding hydrogens is 248 g/mol. The highest BCUT2D eigenvalue weighted by molar-refractivity contribution is 7.71. The summed E-state index contributed by atoms with van der Waals surface area (Å²) in [7, 11) is -8.80. The fourth-order valence-electron chi connectivity index (χ4n) is 0.868. The van der Waals surface area contributed by atoms with Crippen molar-refractivity contribution >= 4 is 15.2 Å². The van der Waals surface area contributed by atoms with Gasteiger partial charge in [0.1, 0.15) is 13.5 Å². The van der Waals surface area contributed by atoms with E-state index in [-0.39, 0.29) is 0 Å². The Morgan fingerprint density at radius 1 is 1.07 bits per heavy atom. The van der Waals surface area contributed by atoms with Crippen molar-refractivity contribution in [3.63, 3.8) is 0 Å². The van der Waals surface area contributed by atoms with Crippen molar-refractivity contribution in [3.05, 3.63) is 0 Å². The van der Waals surface area contributed by atoms with Gasteiger partial charge in [-0.05, 0) is 0 Å². The quantitative estimate of drug-likeness (QED) is 0.271. The number of hydrogen-bond acceptors (Lipinski definition) is 7. The van der Waals surface area contributed by atoms with Gasteiger partial charge < -0.3 is 27.0 Å². The van der Waals surface area contributed by atoms with Crippen LogP contribution < -0.4 is 17.2 Å². The number of nitrogens with two attached hydrogens (primary N) is 3. The van der Waals surface area contributed by atoms with Crippen LogP contribution in [-0.2, 0) is 18.2 Å². The standard InChI is InChI=1S/C4H15N3O6P2/c5-1-4(14(8,9)10)15(11,12-2-6)13-3-7/h4H,1-3,5-7H2,(H2,8,9,10). The van der Waals surface area contributed by atoms with Crippen LogP contribution in [0.1, 0.15) is 0 Å². The predicted octanol–water partition coefficient (Wildman–Crippen LogP) is -1.49. The molecule has 0 rings (SSSR count). The molecule has 0 aliphatic heterocycles. The smallest absolute Gasteiger partial charge is 0.329 e. The van der Waals surface area contributed by atoms with Crippen LogP contribution in [-0.4, -0.2) is 35.2 Å². The molecule has 0 heterocycles. The van der Waals surface area contributed by atoms with E-state index in [1.54, 1.807) is 0 Å². The first kappa shape index (κ1) is 15.2. The molecule has 92 valence electrons. The molecule has 0 fully saturated rings. The van der Waals surface area contributed by atoms with E-state index in [0.29, 0.717) is 0 Å². The van der Waals surface area contributed by atoms with Crippen LogP contribution in [0.5, 0.6) is 0 Å². The molecule has 0 saturated carbocycles. The lowest BCUT2D eigenvalue weighted by Crippen LogP contribution is -2.25. The molecule has 0 aromatic rings. The Hall–Kier alpha value is 0.180. The van der Waals surface area contributed by atoms with E-state index < -0.39 is 40.6 Å². The summed E-state index contributed by atoms with van der Waals surface area (Å²) in [5, 5.41) is -1.75. The van der Waals surface area contributed by atoms with Crippen LogP contribution in [0.2, 0.25) is 0 Å². The zero-order valence-corrected chi connectivity index (χ0v) is 9.64. The van der Waals surface area contributed by atoms with E-state index in [9.17, 15) is 9.13 Å². The summed E-state index contributed by atoms with van der Waals surface area (Å²) < 4.78 is 31.8. The Morgan fingerprint density at radius 3 is 1.67 bits per heavy atom. The minimum Gasteiger partial charge on any atom is -0.329 e. The predicted molar refractivity (Wildman–Crippen MR) is 52.8 cm³/mol. The molecule has 0 aromatic heterocycles. The van der Waals surface area contributed by atoms with Crippen LogP contribution in [0.4, 0.5) is 0 Å². The first-order valence-electron chi connectivity index (χ1n) is 3.86. The molecule has 0 aliphatic carbocycles. The maximum Gasteiger partial charge on any atom is 0.349 e. The summed E-state index contributed by atoms with van der Waals surface area (Å²) in [5.41, 5.74) is 15.0. The highest BCUT2D eigenvalue weighted by Crippen LogP contribution is 2.65. The lowest BCUT2D eigenvalue weighted by molar-refractivity contribution is 0.207. The first-order valence-corrected chi connectivity index (χ1v) is 7.15. The minimum atomic E-state index is -4.71. The van der Waals surface area contributed by atoms with Crippen molar-refractivity contribution < 1.29 is 28.0 Å². The van der Waals surface area contributed by atoms with Crippen molar-refractivity contribution in [1.29, 1.82) is 0 Å². The zero-order chi connectivity index (χ0) is 12.1. The fraction of sp³-hybridized carbons (Fsp3) is 1.00. The minimum absolute atomic E-state index is 0.520. The Morgan fingerprint density at radius 2 is 1.47 bits per heavy atom. The summed E-state index contributed by atoms with van der Waals surface area (Å²) >= 11 is 0. The second-order valence-electron chi connectivity index (χ2n) is 2.44. The molecule has 0 spiro atoms. The van der Waals surface area contributed by atoms with Crippen LogP contribution in [0.3, 0.4) is 0 Å². The summed E-state index contributed by atoms with van der Waals surface area (Å²) in [5.74, 6) is 0. The van der Waals surface area contributed by atoms with E-state index in [4.69, 9.17) is 27.0 Å². The van der Waals surface area contributed by atoms with Crippen molar-refractivity contribution in [2.75, 3.05) is 20.0 Å². The highest BCUT2D eigenvalue weighted by Gasteiger charge is 2.46. The maximum absolute atomic E-state index is 11.8. The second kappa shape index (κ2) is 6.05. The normalized spacial score (nSPS) is 15.3. The van der Waals surface area contributed by atoms with Gasteiger partial charge in [0.25, 0.3) is 0 Å². The first-order chi connectivity index (χ1) is 6.81. The lowest BCUT2D eigenvalue weighted by Gasteiger charge is -2.25. The Kier molecular flexibility index (Phi) is 6.12. The van der Waals surface area contributed by atoms with Crippen molar-refractivity contribution in [2.45, 2.75) is 5.40 Å². The summed E-state index contributed by atoms with van der Waals surface area (Å²) in [6.45, 7) is -1.61. The van der Waals surface area contributed by atoms with Gasteiger partial charge in [0.05, 0.1) is 0 Å². The van der Waals surface area contributed by atoms with E-state index >= 15 is 0 Å². The SMILES string of the molecule is NCOP(=O)(OCN)C(CN)P(=O)(O)O. The van der Waals surface area contributed by atoms with Crippen molar-refractivity contribution in [2.24, 2.45) is 17.2 Å². The monoisotopic (exact) mass is 263 g/mol. The van der Waals surface area contributed by atoms with Crippen molar-refractivity contribution in [1.82, 2.24) is 0 Å². The lowest BCUT2D eigenvalue weighted by atomic mass is 10.8. The topological polar surface area (TPSA) is 171 Å². The molecule has 1 atom stereocenters. The van der Waals surface area contributed by atoms with E-state index in [1.165, 1.54) is 0 Å². The van der Waals surface area contributed by atoms with Gasteiger partial charge >= 0.3 is 15.2 Å². The molecule has 0 amide bonds. The van der Waals surface area contributed by atoms with Crippen LogP contribution >= 0.6 is 15.2 Å². The Labute approximate surface area is 86.6 Å². The molecule has 0 aliphatic rings.